The minimum atomic E-state index is -0.510. The van der Waals surface area contributed by atoms with Gasteiger partial charge in [0.05, 0.1) is 29.9 Å². The van der Waals surface area contributed by atoms with E-state index < -0.39 is 10.9 Å². The third-order valence-corrected chi connectivity index (χ3v) is 5.06. The van der Waals surface area contributed by atoms with Gasteiger partial charge in [0.1, 0.15) is 11.5 Å². The van der Waals surface area contributed by atoms with Gasteiger partial charge in [-0.05, 0) is 43.7 Å². The second kappa shape index (κ2) is 8.64. The largest absolute Gasteiger partial charge is 0.461 e. The molecule has 0 radical (unpaired) electrons. The summed E-state index contributed by atoms with van der Waals surface area (Å²) in [4.78, 5) is 30.6. The number of aromatic amines is 1. The number of nitrogens with one attached hydrogen (secondary N) is 1. The van der Waals surface area contributed by atoms with Crippen molar-refractivity contribution in [2.75, 3.05) is 13.7 Å². The van der Waals surface area contributed by atoms with E-state index in [-0.39, 0.29) is 24.6 Å². The monoisotopic (exact) mass is 435 g/mol. The van der Waals surface area contributed by atoms with Crippen molar-refractivity contribution in [2.45, 2.75) is 20.5 Å². The molecule has 4 aromatic rings. The fraction of sp³-hybridized carbons (Fsp3) is 0.217. The summed E-state index contributed by atoms with van der Waals surface area (Å²) in [7, 11) is 1.55. The van der Waals surface area contributed by atoms with Gasteiger partial charge in [-0.1, -0.05) is 0 Å². The molecule has 0 saturated carbocycles. The number of pyridine rings is 1. The topological polar surface area (TPSA) is 117 Å². The fourth-order valence-electron chi connectivity index (χ4n) is 3.65. The van der Waals surface area contributed by atoms with Gasteiger partial charge in [0, 0.05) is 41.1 Å². The number of rotatable bonds is 7. The maximum atomic E-state index is 12.4. The summed E-state index contributed by atoms with van der Waals surface area (Å²) < 4.78 is 16.5. The van der Waals surface area contributed by atoms with Crippen molar-refractivity contribution in [3.8, 4) is 11.5 Å². The summed E-state index contributed by atoms with van der Waals surface area (Å²) >= 11 is 0. The standard InChI is InChI=1S/C23H21N3O6/c1-4-31-23(27)22-17(12-30-3)21-16-10-15(6-7-18(16)25-19(21)11-24-22)32-20-8-5-14(26(28)29)9-13(20)2/h5-11,25H,4,12H2,1-3H3. The van der Waals surface area contributed by atoms with Crippen LogP contribution < -0.4 is 4.74 Å². The first-order valence-corrected chi connectivity index (χ1v) is 9.95. The number of carbonyl (C=O) groups is 1. The highest BCUT2D eigenvalue weighted by Gasteiger charge is 2.20. The number of nitro groups is 1. The molecule has 9 nitrogen and oxygen atoms in total. The number of ether oxygens (including phenoxy) is 3. The molecular weight excluding hydrogens is 414 g/mol. The number of aryl methyl sites for hydroxylation is 1. The van der Waals surface area contributed by atoms with Gasteiger partial charge in [-0.15, -0.1) is 0 Å². The van der Waals surface area contributed by atoms with Crippen molar-refractivity contribution < 1.29 is 23.9 Å². The molecule has 2 heterocycles. The van der Waals surface area contributed by atoms with E-state index in [9.17, 15) is 14.9 Å². The van der Waals surface area contributed by atoms with Crippen LogP contribution in [0.5, 0.6) is 11.5 Å². The Labute approximate surface area is 183 Å². The predicted octanol–water partition coefficient (Wildman–Crippen LogP) is 5.05. The van der Waals surface area contributed by atoms with Crippen LogP contribution in [0.4, 0.5) is 5.69 Å². The second-order valence-electron chi connectivity index (χ2n) is 7.17. The van der Waals surface area contributed by atoms with Crippen LogP contribution in [0, 0.1) is 17.0 Å². The van der Waals surface area contributed by atoms with Crippen molar-refractivity contribution in [3.05, 3.63) is 69.5 Å². The third kappa shape index (κ3) is 3.85. The smallest absolute Gasteiger partial charge is 0.357 e. The zero-order valence-corrected chi connectivity index (χ0v) is 17.8. The highest BCUT2D eigenvalue weighted by atomic mass is 16.6. The number of nitro benzene ring substituents is 1. The molecule has 164 valence electrons. The summed E-state index contributed by atoms with van der Waals surface area (Å²) in [5, 5.41) is 12.6. The van der Waals surface area contributed by atoms with Crippen LogP contribution in [0.2, 0.25) is 0 Å². The lowest BCUT2D eigenvalue weighted by molar-refractivity contribution is -0.384. The number of fused-ring (bicyclic) bond motifs is 3. The lowest BCUT2D eigenvalue weighted by atomic mass is 10.1. The highest BCUT2D eigenvalue weighted by Crippen LogP contribution is 2.35. The van der Waals surface area contributed by atoms with E-state index in [1.807, 2.05) is 12.1 Å². The van der Waals surface area contributed by atoms with Crippen LogP contribution >= 0.6 is 0 Å². The number of hydrogen-bond acceptors (Lipinski definition) is 7. The molecule has 2 aromatic heterocycles. The van der Waals surface area contributed by atoms with Crippen LogP contribution in [0.25, 0.3) is 21.8 Å². The molecule has 1 N–H and O–H groups in total. The van der Waals surface area contributed by atoms with Crippen LogP contribution in [-0.4, -0.2) is 34.6 Å². The number of non-ortho nitro benzene ring substituents is 1. The lowest BCUT2D eigenvalue weighted by Gasteiger charge is -2.10. The zero-order chi connectivity index (χ0) is 22.8. The van der Waals surface area contributed by atoms with Crippen LogP contribution in [0.3, 0.4) is 0 Å². The van der Waals surface area contributed by atoms with E-state index in [4.69, 9.17) is 14.2 Å². The molecule has 0 aliphatic rings. The van der Waals surface area contributed by atoms with Gasteiger partial charge in [-0.2, -0.15) is 0 Å². The second-order valence-corrected chi connectivity index (χ2v) is 7.17. The first kappa shape index (κ1) is 21.3. The number of hydrogen-bond donors (Lipinski definition) is 1. The Bertz CT molecular complexity index is 1340. The minimum Gasteiger partial charge on any atom is -0.461 e. The van der Waals surface area contributed by atoms with E-state index in [2.05, 4.69) is 9.97 Å². The van der Waals surface area contributed by atoms with Crippen LogP contribution in [0.1, 0.15) is 28.5 Å². The number of esters is 1. The van der Waals surface area contributed by atoms with Gasteiger partial charge in [-0.25, -0.2) is 9.78 Å². The molecule has 2 aromatic carbocycles. The quantitative estimate of drug-likeness (QED) is 0.245. The van der Waals surface area contributed by atoms with Crippen molar-refractivity contribution in [3.63, 3.8) is 0 Å². The summed E-state index contributed by atoms with van der Waals surface area (Å²) in [6.45, 7) is 3.91. The van der Waals surface area contributed by atoms with Crippen LogP contribution in [0.15, 0.2) is 42.6 Å². The average molecular weight is 435 g/mol. The Kier molecular flexibility index (Phi) is 5.74. The van der Waals surface area contributed by atoms with Crippen molar-refractivity contribution >= 4 is 33.5 Å². The van der Waals surface area contributed by atoms with Gasteiger partial charge < -0.3 is 19.2 Å². The molecule has 0 saturated heterocycles. The zero-order valence-electron chi connectivity index (χ0n) is 17.8. The molecule has 0 fully saturated rings. The number of H-pyrrole nitrogens is 1. The summed E-state index contributed by atoms with van der Waals surface area (Å²) in [6, 6.07) is 9.96. The molecule has 0 spiro atoms. The molecule has 0 aliphatic carbocycles. The van der Waals surface area contributed by atoms with Gasteiger partial charge in [-0.3, -0.25) is 10.1 Å². The van der Waals surface area contributed by atoms with Crippen molar-refractivity contribution in [1.82, 2.24) is 9.97 Å². The molecule has 9 heteroatoms. The van der Waals surface area contributed by atoms with Crippen LogP contribution in [-0.2, 0) is 16.1 Å². The van der Waals surface area contributed by atoms with Crippen molar-refractivity contribution in [1.29, 1.82) is 0 Å². The normalized spacial score (nSPS) is 11.1. The number of carbonyl (C=O) groups excluding carboxylic acids is 1. The van der Waals surface area contributed by atoms with Gasteiger partial charge in [0.25, 0.3) is 5.69 Å². The Morgan fingerprint density at radius 2 is 2.00 bits per heavy atom. The van der Waals surface area contributed by atoms with E-state index in [1.54, 1.807) is 39.3 Å². The van der Waals surface area contributed by atoms with E-state index >= 15 is 0 Å². The number of benzene rings is 2. The molecule has 32 heavy (non-hydrogen) atoms. The van der Waals surface area contributed by atoms with Crippen molar-refractivity contribution in [2.24, 2.45) is 0 Å². The molecule has 4 rings (SSSR count). The number of aromatic nitrogens is 2. The number of nitrogens with zero attached hydrogens (tertiary/aromatic N) is 2. The Morgan fingerprint density at radius 1 is 1.19 bits per heavy atom. The molecule has 0 unspecified atom stereocenters. The highest BCUT2D eigenvalue weighted by molar-refractivity contribution is 6.11. The van der Waals surface area contributed by atoms with Gasteiger partial charge >= 0.3 is 5.97 Å². The number of methoxy groups -OCH3 is 1. The third-order valence-electron chi connectivity index (χ3n) is 5.06. The summed E-state index contributed by atoms with van der Waals surface area (Å²) in [5.74, 6) is 0.554. The Hall–Kier alpha value is -3.98. The molecule has 0 aliphatic heterocycles. The van der Waals surface area contributed by atoms with E-state index in [0.29, 0.717) is 22.6 Å². The molecule has 0 atom stereocenters. The predicted molar refractivity (Wildman–Crippen MR) is 118 cm³/mol. The minimum absolute atomic E-state index is 0.00475. The Balaban J connectivity index is 1.82. The summed E-state index contributed by atoms with van der Waals surface area (Å²) in [5.41, 5.74) is 3.08. The molecule has 0 bridgehead atoms. The van der Waals surface area contributed by atoms with E-state index in [0.717, 1.165) is 21.8 Å². The summed E-state index contributed by atoms with van der Waals surface area (Å²) in [6.07, 6.45) is 1.60. The SMILES string of the molecule is CCOC(=O)c1ncc2[nH]c3ccc(Oc4ccc([N+](=O)[O-])cc4C)cc3c2c1COC. The lowest BCUT2D eigenvalue weighted by Crippen LogP contribution is -2.11. The first-order chi connectivity index (χ1) is 15.4. The molecule has 0 amide bonds. The fourth-order valence-corrected chi connectivity index (χ4v) is 3.65. The van der Waals surface area contributed by atoms with Gasteiger partial charge in [0.2, 0.25) is 0 Å². The average Bonchev–Trinajstić information content (AvgIpc) is 3.14. The first-order valence-electron chi connectivity index (χ1n) is 9.95. The molecular formula is C23H21N3O6. The van der Waals surface area contributed by atoms with E-state index in [1.165, 1.54) is 12.1 Å². The van der Waals surface area contributed by atoms with Gasteiger partial charge in [0.15, 0.2) is 5.69 Å². The maximum Gasteiger partial charge on any atom is 0.357 e. The Morgan fingerprint density at radius 3 is 2.69 bits per heavy atom. The maximum absolute atomic E-state index is 12.4.